The van der Waals surface area contributed by atoms with Gasteiger partial charge in [-0.2, -0.15) is 0 Å². The molecule has 0 aliphatic carbocycles. The number of benzene rings is 1. The second kappa shape index (κ2) is 5.17. The fourth-order valence-electron chi connectivity index (χ4n) is 4.02. The van der Waals surface area contributed by atoms with E-state index in [9.17, 15) is 0 Å². The number of aromatic nitrogens is 1. The highest BCUT2D eigenvalue weighted by molar-refractivity contribution is 5.92. The highest BCUT2D eigenvalue weighted by atomic mass is 15.1. The molecule has 0 amide bonds. The number of likely N-dealkylation sites (tertiary alicyclic amines) is 1. The predicted molar refractivity (Wildman–Crippen MR) is 91.3 cm³/mol. The molecule has 0 saturated carbocycles. The summed E-state index contributed by atoms with van der Waals surface area (Å²) in [5, 5.41) is 1.49. The molecule has 1 unspecified atom stereocenters. The largest absolute Gasteiger partial charge is 0.358 e. The molecule has 1 N–H and O–H groups in total. The van der Waals surface area contributed by atoms with Crippen LogP contribution in [0, 0.1) is 34.6 Å². The first kappa shape index (κ1) is 14.6. The molecule has 2 aromatic rings. The van der Waals surface area contributed by atoms with Gasteiger partial charge in [0.25, 0.3) is 0 Å². The lowest BCUT2D eigenvalue weighted by Gasteiger charge is -2.20. The number of aromatic amines is 1. The van der Waals surface area contributed by atoms with E-state index in [0.717, 1.165) is 0 Å². The molecule has 1 aliphatic rings. The lowest BCUT2D eigenvalue weighted by Crippen LogP contribution is -2.27. The summed E-state index contributed by atoms with van der Waals surface area (Å²) in [6.45, 7) is 12.6. The van der Waals surface area contributed by atoms with Crippen LogP contribution in [0.4, 0.5) is 0 Å². The summed E-state index contributed by atoms with van der Waals surface area (Å²) < 4.78 is 0. The van der Waals surface area contributed by atoms with Crippen molar-refractivity contribution in [3.63, 3.8) is 0 Å². The summed E-state index contributed by atoms with van der Waals surface area (Å²) >= 11 is 0. The summed E-state index contributed by atoms with van der Waals surface area (Å²) in [4.78, 5) is 6.20. The standard InChI is InChI=1S/C19H28N2/c1-11-12(2)14(4)19-18(13(11)3)17(15(5)20-19)10-16-8-7-9-21(16)6/h16,20H,7-10H2,1-6H3. The first-order chi connectivity index (χ1) is 9.91. The number of H-pyrrole nitrogens is 1. The fourth-order valence-corrected chi connectivity index (χ4v) is 4.02. The maximum Gasteiger partial charge on any atom is 0.0494 e. The number of nitrogens with zero attached hydrogens (tertiary/aromatic N) is 1. The number of hydrogen-bond acceptors (Lipinski definition) is 1. The average molecular weight is 284 g/mol. The minimum atomic E-state index is 0.712. The molecule has 114 valence electrons. The zero-order valence-corrected chi connectivity index (χ0v) is 14.4. The molecule has 1 aromatic heterocycles. The predicted octanol–water partition coefficient (Wildman–Crippen LogP) is 4.35. The van der Waals surface area contributed by atoms with E-state index in [4.69, 9.17) is 0 Å². The molecule has 0 bridgehead atoms. The minimum absolute atomic E-state index is 0.712. The van der Waals surface area contributed by atoms with Gasteiger partial charge in [-0.25, -0.2) is 0 Å². The smallest absolute Gasteiger partial charge is 0.0494 e. The molecule has 1 aromatic carbocycles. The number of rotatable bonds is 2. The first-order valence-corrected chi connectivity index (χ1v) is 8.19. The van der Waals surface area contributed by atoms with Crippen molar-refractivity contribution in [2.45, 2.75) is 59.9 Å². The number of likely N-dealkylation sites (N-methyl/N-ethyl adjacent to an activating group) is 1. The van der Waals surface area contributed by atoms with E-state index in [1.807, 2.05) is 0 Å². The van der Waals surface area contributed by atoms with Crippen molar-refractivity contribution >= 4 is 10.9 Å². The normalized spacial score (nSPS) is 19.8. The molecule has 2 heteroatoms. The number of fused-ring (bicyclic) bond motifs is 1. The van der Waals surface area contributed by atoms with Gasteiger partial charge < -0.3 is 9.88 Å². The number of aryl methyl sites for hydroxylation is 3. The number of hydrogen-bond donors (Lipinski definition) is 1. The molecule has 0 spiro atoms. The van der Waals surface area contributed by atoms with Crippen molar-refractivity contribution in [2.75, 3.05) is 13.6 Å². The van der Waals surface area contributed by atoms with Crippen molar-refractivity contribution < 1.29 is 0 Å². The molecule has 1 atom stereocenters. The second-order valence-corrected chi connectivity index (χ2v) is 6.96. The van der Waals surface area contributed by atoms with Crippen molar-refractivity contribution in [3.05, 3.63) is 33.5 Å². The molecule has 2 heterocycles. The minimum Gasteiger partial charge on any atom is -0.358 e. The Kier molecular flexibility index (Phi) is 3.61. The Labute approximate surface area is 128 Å². The van der Waals surface area contributed by atoms with Crippen LogP contribution < -0.4 is 0 Å². The maximum atomic E-state index is 3.67. The zero-order valence-electron chi connectivity index (χ0n) is 14.4. The van der Waals surface area contributed by atoms with Gasteiger partial charge in [-0.05, 0) is 95.3 Å². The van der Waals surface area contributed by atoms with Gasteiger partial charge in [0.15, 0.2) is 0 Å². The van der Waals surface area contributed by atoms with Gasteiger partial charge in [0, 0.05) is 22.6 Å². The van der Waals surface area contributed by atoms with Crippen LogP contribution in [0.25, 0.3) is 10.9 Å². The second-order valence-electron chi connectivity index (χ2n) is 6.96. The van der Waals surface area contributed by atoms with Gasteiger partial charge >= 0.3 is 0 Å². The Morgan fingerprint density at radius 1 is 1.00 bits per heavy atom. The Morgan fingerprint density at radius 2 is 1.67 bits per heavy atom. The van der Waals surface area contributed by atoms with Gasteiger partial charge in [-0.15, -0.1) is 0 Å². The third-order valence-electron chi connectivity index (χ3n) is 5.87. The van der Waals surface area contributed by atoms with E-state index in [2.05, 4.69) is 51.6 Å². The van der Waals surface area contributed by atoms with Gasteiger partial charge in [0.1, 0.15) is 0 Å². The summed E-state index contributed by atoms with van der Waals surface area (Å²) in [5.41, 5.74) is 10.1. The summed E-state index contributed by atoms with van der Waals surface area (Å²) in [6.07, 6.45) is 3.87. The van der Waals surface area contributed by atoms with Crippen molar-refractivity contribution in [1.29, 1.82) is 0 Å². The maximum absolute atomic E-state index is 3.67. The lowest BCUT2D eigenvalue weighted by molar-refractivity contribution is 0.309. The quantitative estimate of drug-likeness (QED) is 0.869. The highest BCUT2D eigenvalue weighted by Crippen LogP contribution is 2.34. The molecule has 2 nitrogen and oxygen atoms in total. The fraction of sp³-hybridized carbons (Fsp3) is 0.579. The highest BCUT2D eigenvalue weighted by Gasteiger charge is 2.24. The SMILES string of the molecule is Cc1[nH]c2c(C)c(C)c(C)c(C)c2c1CC1CCCN1C. The Bertz CT molecular complexity index is 694. The van der Waals surface area contributed by atoms with Gasteiger partial charge in [0.05, 0.1) is 0 Å². The molecule has 0 radical (unpaired) electrons. The van der Waals surface area contributed by atoms with Crippen LogP contribution in [-0.4, -0.2) is 29.5 Å². The van der Waals surface area contributed by atoms with Crippen LogP contribution in [0.15, 0.2) is 0 Å². The van der Waals surface area contributed by atoms with Crippen LogP contribution in [0.5, 0.6) is 0 Å². The van der Waals surface area contributed by atoms with E-state index in [0.29, 0.717) is 6.04 Å². The van der Waals surface area contributed by atoms with Crippen molar-refractivity contribution in [1.82, 2.24) is 9.88 Å². The molecule has 21 heavy (non-hydrogen) atoms. The van der Waals surface area contributed by atoms with Crippen LogP contribution in [0.2, 0.25) is 0 Å². The Hall–Kier alpha value is -1.28. The lowest BCUT2D eigenvalue weighted by atomic mass is 9.91. The van der Waals surface area contributed by atoms with Gasteiger partial charge in [-0.3, -0.25) is 0 Å². The summed E-state index contributed by atoms with van der Waals surface area (Å²) in [5.74, 6) is 0. The molecular weight excluding hydrogens is 256 g/mol. The monoisotopic (exact) mass is 284 g/mol. The van der Waals surface area contributed by atoms with Crippen LogP contribution in [-0.2, 0) is 6.42 Å². The summed E-state index contributed by atoms with van der Waals surface area (Å²) in [7, 11) is 2.27. The van der Waals surface area contributed by atoms with Crippen molar-refractivity contribution in [2.24, 2.45) is 0 Å². The van der Waals surface area contributed by atoms with E-state index in [-0.39, 0.29) is 0 Å². The molecule has 1 fully saturated rings. The van der Waals surface area contributed by atoms with E-state index < -0.39 is 0 Å². The average Bonchev–Trinajstić information content (AvgIpc) is 3.00. The third-order valence-corrected chi connectivity index (χ3v) is 5.87. The summed E-state index contributed by atoms with van der Waals surface area (Å²) in [6, 6.07) is 0.712. The topological polar surface area (TPSA) is 19.0 Å². The number of nitrogens with one attached hydrogen (secondary N) is 1. The zero-order chi connectivity index (χ0) is 15.3. The van der Waals surface area contributed by atoms with Gasteiger partial charge in [0.2, 0.25) is 0 Å². The Balaban J connectivity index is 2.16. The van der Waals surface area contributed by atoms with E-state index in [1.165, 1.54) is 64.7 Å². The molecule has 3 rings (SSSR count). The van der Waals surface area contributed by atoms with E-state index in [1.54, 1.807) is 5.56 Å². The first-order valence-electron chi connectivity index (χ1n) is 8.19. The third kappa shape index (κ3) is 2.20. The van der Waals surface area contributed by atoms with Crippen LogP contribution in [0.1, 0.15) is 46.4 Å². The molecular formula is C19H28N2. The van der Waals surface area contributed by atoms with E-state index >= 15 is 0 Å². The Morgan fingerprint density at radius 3 is 2.29 bits per heavy atom. The molecule has 1 aliphatic heterocycles. The van der Waals surface area contributed by atoms with Gasteiger partial charge in [-0.1, -0.05) is 0 Å². The van der Waals surface area contributed by atoms with Crippen LogP contribution in [0.3, 0.4) is 0 Å². The molecule has 1 saturated heterocycles. The van der Waals surface area contributed by atoms with Crippen molar-refractivity contribution in [3.8, 4) is 0 Å². The van der Waals surface area contributed by atoms with Crippen LogP contribution >= 0.6 is 0 Å².